The summed E-state index contributed by atoms with van der Waals surface area (Å²) in [5.41, 5.74) is 0.0748. The maximum Gasteiger partial charge on any atom is 0.285 e. The maximum atomic E-state index is 8.35. The van der Waals surface area contributed by atoms with Crippen LogP contribution >= 0.6 is 0 Å². The Morgan fingerprint density at radius 3 is 1.65 bits per heavy atom. The van der Waals surface area contributed by atoms with E-state index < -0.39 is 5.97 Å². The van der Waals surface area contributed by atoms with Gasteiger partial charge in [0.15, 0.2) is 0 Å². The van der Waals surface area contributed by atoms with E-state index in [1.165, 1.54) is 38.5 Å². The van der Waals surface area contributed by atoms with Gasteiger partial charge in [0.1, 0.15) is 0 Å². The molecule has 0 amide bonds. The molecule has 1 atom stereocenters. The molecule has 0 saturated carbocycles. The average Bonchev–Trinajstić information content (AvgIpc) is 2.50. The highest BCUT2D eigenvalue weighted by Gasteiger charge is 2.46. The van der Waals surface area contributed by atoms with Gasteiger partial charge in [0.05, 0.1) is 0 Å². The van der Waals surface area contributed by atoms with Gasteiger partial charge in [-0.25, -0.2) is 10.2 Å². The summed E-state index contributed by atoms with van der Waals surface area (Å²) in [4.78, 5) is 8.35. The van der Waals surface area contributed by atoms with Crippen molar-refractivity contribution in [1.82, 2.24) is 0 Å². The van der Waals surface area contributed by atoms with E-state index in [2.05, 4.69) is 27.7 Å². The van der Waals surface area contributed by atoms with Crippen LogP contribution in [0.15, 0.2) is 0 Å². The fraction of sp³-hybridized carbons (Fsp3) is 0.944. The first-order chi connectivity index (χ1) is 10.8. The summed E-state index contributed by atoms with van der Waals surface area (Å²) in [7, 11) is 4.98. The summed E-state index contributed by atoms with van der Waals surface area (Å²) in [5.74, 6) is -0.719. The van der Waals surface area contributed by atoms with E-state index in [1.807, 2.05) is 0 Å². The van der Waals surface area contributed by atoms with Crippen molar-refractivity contribution in [3.63, 3.8) is 0 Å². The van der Waals surface area contributed by atoms with Crippen LogP contribution in [0, 0.1) is 16.7 Å². The molecule has 0 rings (SSSR count). The number of ether oxygens (including phenoxy) is 3. The molecule has 138 valence electrons. The Bertz CT molecular complexity index is 294. The molecule has 5 nitrogen and oxygen atoms in total. The Morgan fingerprint density at radius 1 is 0.913 bits per heavy atom. The number of carbonyl (C=O) groups excluding carboxylic acids is 1. The van der Waals surface area contributed by atoms with Crippen molar-refractivity contribution in [3.8, 4) is 0 Å². The number of hydrogen-bond acceptors (Lipinski definition) is 5. The smallest absolute Gasteiger partial charge is 0.285 e. The van der Waals surface area contributed by atoms with E-state index in [1.54, 1.807) is 21.3 Å². The maximum absolute atomic E-state index is 8.35. The Hall–Kier alpha value is -0.740. The topological polar surface area (TPSA) is 68.6 Å². The van der Waals surface area contributed by atoms with Gasteiger partial charge in [0, 0.05) is 27.2 Å². The number of isocyanates is 1. The molecule has 0 radical (unpaired) electrons. The molecule has 23 heavy (non-hydrogen) atoms. The Labute approximate surface area is 142 Å². The molecule has 0 aromatic carbocycles. The molecule has 0 heterocycles. The van der Waals surface area contributed by atoms with E-state index in [9.17, 15) is 0 Å². The SMILES string of the molecule is CCCCCCCCC(C(C)(C)C)C(OC)(OC)OC.N=C=O. The van der Waals surface area contributed by atoms with Crippen LogP contribution in [0.5, 0.6) is 0 Å². The molecule has 0 bridgehead atoms. The largest absolute Gasteiger partial charge is 0.331 e. The van der Waals surface area contributed by atoms with E-state index in [0.29, 0.717) is 0 Å². The lowest BCUT2D eigenvalue weighted by atomic mass is 9.76. The predicted molar refractivity (Wildman–Crippen MR) is 93.1 cm³/mol. The number of rotatable bonds is 11. The van der Waals surface area contributed by atoms with Crippen LogP contribution in [-0.2, 0) is 19.0 Å². The first-order valence-electron chi connectivity index (χ1n) is 8.48. The lowest BCUT2D eigenvalue weighted by Gasteiger charge is -2.43. The van der Waals surface area contributed by atoms with Crippen LogP contribution in [0.25, 0.3) is 0 Å². The minimum atomic E-state index is -0.929. The minimum absolute atomic E-state index is 0.0748. The third-order valence-corrected chi connectivity index (χ3v) is 4.17. The van der Waals surface area contributed by atoms with Crippen LogP contribution < -0.4 is 0 Å². The summed E-state index contributed by atoms with van der Waals surface area (Å²) in [6.07, 6.45) is 9.60. The summed E-state index contributed by atoms with van der Waals surface area (Å²) in [5, 5.41) is 5.40. The molecular formula is C18H37NO4. The van der Waals surface area contributed by atoms with Crippen molar-refractivity contribution in [2.24, 2.45) is 11.3 Å². The highest BCUT2D eigenvalue weighted by Crippen LogP contribution is 2.41. The van der Waals surface area contributed by atoms with Crippen molar-refractivity contribution < 1.29 is 19.0 Å². The van der Waals surface area contributed by atoms with Gasteiger partial charge < -0.3 is 14.2 Å². The fourth-order valence-corrected chi connectivity index (χ4v) is 2.95. The molecule has 0 spiro atoms. The lowest BCUT2D eigenvalue weighted by molar-refractivity contribution is -0.391. The average molecular weight is 331 g/mol. The Kier molecular flexibility index (Phi) is 14.6. The van der Waals surface area contributed by atoms with Crippen LogP contribution in [-0.4, -0.2) is 33.4 Å². The van der Waals surface area contributed by atoms with Crippen molar-refractivity contribution in [1.29, 1.82) is 5.41 Å². The first-order valence-corrected chi connectivity index (χ1v) is 8.48. The molecule has 0 fully saturated rings. The van der Waals surface area contributed by atoms with E-state index in [-0.39, 0.29) is 11.3 Å². The van der Waals surface area contributed by atoms with Crippen molar-refractivity contribution in [3.05, 3.63) is 0 Å². The molecule has 1 unspecified atom stereocenters. The lowest BCUT2D eigenvalue weighted by Crippen LogP contribution is -2.49. The van der Waals surface area contributed by atoms with Gasteiger partial charge in [-0.1, -0.05) is 66.2 Å². The quantitative estimate of drug-likeness (QED) is 0.253. The zero-order valence-corrected chi connectivity index (χ0v) is 16.2. The zero-order chi connectivity index (χ0) is 18.4. The van der Waals surface area contributed by atoms with Crippen LogP contribution in [0.3, 0.4) is 0 Å². The number of unbranched alkanes of at least 4 members (excludes halogenated alkanes) is 5. The summed E-state index contributed by atoms with van der Waals surface area (Å²) in [6, 6.07) is 0. The molecule has 0 aromatic rings. The third kappa shape index (κ3) is 9.87. The number of nitrogens with one attached hydrogen (secondary N) is 1. The number of hydrogen-bond donors (Lipinski definition) is 1. The molecule has 0 aliphatic rings. The fourth-order valence-electron chi connectivity index (χ4n) is 2.95. The standard InChI is InChI=1S/C17H36O3.CHNO/c1-8-9-10-11-12-13-14-15(16(2,3)4)17(18-5,19-6)20-7;2-1-3/h15H,8-14H2,1-7H3;2H. The van der Waals surface area contributed by atoms with E-state index in [4.69, 9.17) is 24.4 Å². The molecule has 0 saturated heterocycles. The van der Waals surface area contributed by atoms with Crippen molar-refractivity contribution >= 4 is 6.08 Å². The van der Waals surface area contributed by atoms with E-state index >= 15 is 0 Å². The molecule has 1 N–H and O–H groups in total. The molecule has 5 heteroatoms. The second kappa shape index (κ2) is 13.7. The molecule has 0 aromatic heterocycles. The molecular weight excluding hydrogens is 294 g/mol. The highest BCUT2D eigenvalue weighted by atomic mass is 16.9. The van der Waals surface area contributed by atoms with Crippen molar-refractivity contribution in [2.45, 2.75) is 78.6 Å². The zero-order valence-electron chi connectivity index (χ0n) is 16.2. The Balaban J connectivity index is 0. The summed E-state index contributed by atoms with van der Waals surface area (Å²) in [6.45, 7) is 8.92. The van der Waals surface area contributed by atoms with Gasteiger partial charge >= 0.3 is 0 Å². The van der Waals surface area contributed by atoms with Crippen LogP contribution in [0.4, 0.5) is 0 Å². The van der Waals surface area contributed by atoms with Gasteiger partial charge in [-0.3, -0.25) is 0 Å². The molecule has 0 aliphatic heterocycles. The summed E-state index contributed by atoms with van der Waals surface area (Å²) >= 11 is 0. The predicted octanol–water partition coefficient (Wildman–Crippen LogP) is 4.89. The van der Waals surface area contributed by atoms with Crippen LogP contribution in [0.2, 0.25) is 0 Å². The Morgan fingerprint density at radius 2 is 1.30 bits per heavy atom. The van der Waals surface area contributed by atoms with Gasteiger partial charge in [-0.15, -0.1) is 0 Å². The third-order valence-electron chi connectivity index (χ3n) is 4.17. The van der Waals surface area contributed by atoms with Gasteiger partial charge in [-0.2, -0.15) is 0 Å². The molecule has 0 aliphatic carbocycles. The number of methoxy groups -OCH3 is 3. The monoisotopic (exact) mass is 331 g/mol. The van der Waals surface area contributed by atoms with Crippen LogP contribution in [0.1, 0.15) is 72.6 Å². The normalized spacial score (nSPS) is 13.0. The highest BCUT2D eigenvalue weighted by molar-refractivity contribution is 5.26. The first kappa shape index (κ1) is 24.5. The second-order valence-electron chi connectivity index (χ2n) is 6.79. The van der Waals surface area contributed by atoms with Gasteiger partial charge in [0.2, 0.25) is 6.08 Å². The van der Waals surface area contributed by atoms with Gasteiger partial charge in [-0.05, 0) is 11.8 Å². The van der Waals surface area contributed by atoms with Gasteiger partial charge in [0.25, 0.3) is 5.97 Å². The minimum Gasteiger partial charge on any atom is -0.331 e. The van der Waals surface area contributed by atoms with Crippen molar-refractivity contribution in [2.75, 3.05) is 21.3 Å². The van der Waals surface area contributed by atoms with E-state index in [0.717, 1.165) is 12.5 Å². The summed E-state index contributed by atoms with van der Waals surface area (Å²) < 4.78 is 16.7. The second-order valence-corrected chi connectivity index (χ2v) is 6.79.